The van der Waals surface area contributed by atoms with Gasteiger partial charge in [0, 0.05) is 29.0 Å². The molecule has 2 amide bonds. The summed E-state index contributed by atoms with van der Waals surface area (Å²) in [6.45, 7) is 5.14. The third-order valence-electron chi connectivity index (χ3n) is 8.04. The number of nitrogens with zero attached hydrogens (tertiary/aromatic N) is 1. The van der Waals surface area contributed by atoms with Gasteiger partial charge in [-0.15, -0.1) is 0 Å². The second kappa shape index (κ2) is 12.5. The van der Waals surface area contributed by atoms with Crippen LogP contribution in [-0.2, 0) is 11.3 Å². The van der Waals surface area contributed by atoms with Crippen molar-refractivity contribution < 1.29 is 9.59 Å². The van der Waals surface area contributed by atoms with E-state index in [2.05, 4.69) is 39.0 Å². The van der Waals surface area contributed by atoms with Crippen LogP contribution in [0.25, 0.3) is 11.3 Å². The third-order valence-corrected chi connectivity index (χ3v) is 8.04. The Morgan fingerprint density at radius 2 is 1.57 bits per heavy atom. The van der Waals surface area contributed by atoms with Crippen molar-refractivity contribution in [2.75, 3.05) is 23.7 Å². The van der Waals surface area contributed by atoms with Crippen molar-refractivity contribution in [2.24, 2.45) is 0 Å². The van der Waals surface area contributed by atoms with Crippen molar-refractivity contribution >= 4 is 34.5 Å². The van der Waals surface area contributed by atoms with E-state index in [0.29, 0.717) is 28.1 Å². The molecule has 2 heterocycles. The number of carbonyl (C=O) groups is 2. The number of benzene rings is 4. The van der Waals surface area contributed by atoms with Crippen LogP contribution < -0.4 is 16.0 Å². The number of fused-ring (bicyclic) bond motifs is 1. The maximum absolute atomic E-state index is 13.5. The summed E-state index contributed by atoms with van der Waals surface area (Å²) in [5.41, 5.74) is 7.20. The van der Waals surface area contributed by atoms with E-state index in [9.17, 15) is 9.59 Å². The van der Waals surface area contributed by atoms with Crippen LogP contribution in [0.15, 0.2) is 103 Å². The number of carbonyl (C=O) groups excluding carboxylic acids is 2. The Morgan fingerprint density at radius 3 is 2.33 bits per heavy atom. The van der Waals surface area contributed by atoms with Crippen LogP contribution in [0.5, 0.6) is 0 Å². The van der Waals surface area contributed by atoms with Crippen molar-refractivity contribution in [1.82, 2.24) is 10.2 Å². The molecule has 0 bridgehead atoms. The van der Waals surface area contributed by atoms with Crippen LogP contribution in [0.1, 0.15) is 64.8 Å². The predicted molar refractivity (Wildman–Crippen MR) is 170 cm³/mol. The lowest BCUT2D eigenvalue weighted by Crippen LogP contribution is -2.29. The molecule has 2 aliphatic rings. The van der Waals surface area contributed by atoms with Gasteiger partial charge in [-0.3, -0.25) is 14.5 Å². The molecule has 6 heteroatoms. The van der Waals surface area contributed by atoms with Gasteiger partial charge in [-0.1, -0.05) is 79.2 Å². The zero-order chi connectivity index (χ0) is 28.9. The summed E-state index contributed by atoms with van der Waals surface area (Å²) in [5, 5.41) is 9.69. The van der Waals surface area contributed by atoms with Crippen LogP contribution in [0.2, 0.25) is 0 Å². The lowest BCUT2D eigenvalue weighted by molar-refractivity contribution is -0.110. The van der Waals surface area contributed by atoms with E-state index in [1.807, 2.05) is 85.8 Å². The molecule has 1 saturated heterocycles. The van der Waals surface area contributed by atoms with Crippen LogP contribution in [-0.4, -0.2) is 29.8 Å². The Hall–Kier alpha value is -4.68. The van der Waals surface area contributed by atoms with Gasteiger partial charge < -0.3 is 16.0 Å². The number of rotatable bonds is 8. The second-order valence-corrected chi connectivity index (χ2v) is 11.1. The van der Waals surface area contributed by atoms with Gasteiger partial charge in [0.25, 0.3) is 11.8 Å². The fourth-order valence-corrected chi connectivity index (χ4v) is 5.81. The molecule has 2 aliphatic heterocycles. The smallest absolute Gasteiger partial charge is 0.258 e. The van der Waals surface area contributed by atoms with Gasteiger partial charge in [0.15, 0.2) is 0 Å². The molecule has 0 aromatic heterocycles. The Kier molecular flexibility index (Phi) is 8.15. The largest absolute Gasteiger partial charge is 0.354 e. The SMILES string of the molecule is C[C@@H](NC(=O)c1ccc2c(c1)/C(=C(/Nc1cccc(CN3CCCCC3)c1)c1ccccc1)C(=O)N2)c1ccccc1. The number of likely N-dealkylation sites (tertiary alicyclic amines) is 1. The Morgan fingerprint density at radius 1 is 0.833 bits per heavy atom. The standard InChI is InChI=1S/C36H36N4O2/c1-25(27-13-5-2-6-14-27)37-35(41)29-18-19-32-31(23-29)33(36(42)39-32)34(28-15-7-3-8-16-28)38-30-17-11-12-26(22-30)24-40-20-9-4-10-21-40/h2-3,5-8,11-19,22-23,25,38H,4,9-10,20-21,24H2,1H3,(H,37,41)(H,39,42)/b34-33-/t25-/m1/s1. The highest BCUT2D eigenvalue weighted by Gasteiger charge is 2.29. The van der Waals surface area contributed by atoms with Gasteiger partial charge in [-0.2, -0.15) is 0 Å². The summed E-state index contributed by atoms with van der Waals surface area (Å²) in [6.07, 6.45) is 3.81. The van der Waals surface area contributed by atoms with Gasteiger partial charge in [0.2, 0.25) is 0 Å². The van der Waals surface area contributed by atoms with Crippen LogP contribution in [0.4, 0.5) is 11.4 Å². The molecule has 6 rings (SSSR count). The molecule has 212 valence electrons. The fourth-order valence-electron chi connectivity index (χ4n) is 5.81. The maximum atomic E-state index is 13.5. The molecule has 1 atom stereocenters. The number of anilines is 2. The van der Waals surface area contributed by atoms with Crippen LogP contribution in [0.3, 0.4) is 0 Å². The maximum Gasteiger partial charge on any atom is 0.258 e. The van der Waals surface area contributed by atoms with Crippen molar-refractivity contribution in [1.29, 1.82) is 0 Å². The zero-order valence-electron chi connectivity index (χ0n) is 23.9. The molecule has 42 heavy (non-hydrogen) atoms. The lowest BCUT2D eigenvalue weighted by atomic mass is 9.98. The number of hydrogen-bond acceptors (Lipinski definition) is 4. The molecule has 3 N–H and O–H groups in total. The first kappa shape index (κ1) is 27.5. The van der Waals surface area contributed by atoms with Gasteiger partial charge in [0.1, 0.15) is 0 Å². The average Bonchev–Trinajstić information content (AvgIpc) is 3.36. The van der Waals surface area contributed by atoms with Crippen molar-refractivity contribution in [3.8, 4) is 0 Å². The predicted octanol–water partition coefficient (Wildman–Crippen LogP) is 7.10. The molecule has 4 aromatic rings. The minimum atomic E-state index is -0.198. The lowest BCUT2D eigenvalue weighted by Gasteiger charge is -2.26. The highest BCUT2D eigenvalue weighted by Crippen LogP contribution is 2.38. The minimum Gasteiger partial charge on any atom is -0.354 e. The number of hydrogen-bond donors (Lipinski definition) is 3. The first-order valence-corrected chi connectivity index (χ1v) is 14.7. The zero-order valence-corrected chi connectivity index (χ0v) is 23.9. The van der Waals surface area contributed by atoms with E-state index in [1.165, 1.54) is 24.8 Å². The average molecular weight is 557 g/mol. The van der Waals surface area contributed by atoms with E-state index < -0.39 is 0 Å². The van der Waals surface area contributed by atoms with Crippen molar-refractivity contribution in [3.63, 3.8) is 0 Å². The summed E-state index contributed by atoms with van der Waals surface area (Å²) >= 11 is 0. The number of piperidine rings is 1. The third kappa shape index (κ3) is 6.14. The Balaban J connectivity index is 1.33. The molecule has 6 nitrogen and oxygen atoms in total. The first-order chi connectivity index (χ1) is 20.5. The highest BCUT2D eigenvalue weighted by atomic mass is 16.2. The van der Waals surface area contributed by atoms with E-state index in [1.54, 1.807) is 6.07 Å². The monoisotopic (exact) mass is 556 g/mol. The van der Waals surface area contributed by atoms with Crippen molar-refractivity contribution in [3.05, 3.63) is 131 Å². The normalized spacial score (nSPS) is 16.7. The Labute approximate surface area is 247 Å². The summed E-state index contributed by atoms with van der Waals surface area (Å²) < 4.78 is 0. The van der Waals surface area contributed by atoms with Gasteiger partial charge in [0.05, 0.1) is 17.3 Å². The molecular formula is C36H36N4O2. The van der Waals surface area contributed by atoms with Crippen molar-refractivity contribution in [2.45, 2.75) is 38.8 Å². The summed E-state index contributed by atoms with van der Waals surface area (Å²) in [6, 6.07) is 33.4. The van der Waals surface area contributed by atoms with Gasteiger partial charge >= 0.3 is 0 Å². The molecule has 0 aliphatic carbocycles. The summed E-state index contributed by atoms with van der Waals surface area (Å²) in [7, 11) is 0. The molecule has 1 fully saturated rings. The van der Waals surface area contributed by atoms with E-state index >= 15 is 0 Å². The topological polar surface area (TPSA) is 73.5 Å². The van der Waals surface area contributed by atoms with E-state index in [-0.39, 0.29) is 17.9 Å². The highest BCUT2D eigenvalue weighted by molar-refractivity contribution is 6.37. The second-order valence-electron chi connectivity index (χ2n) is 11.1. The Bertz CT molecular complexity index is 1610. The molecule has 4 aromatic carbocycles. The van der Waals surface area contributed by atoms with Gasteiger partial charge in [-0.05, 0) is 79.9 Å². The van der Waals surface area contributed by atoms with E-state index in [4.69, 9.17) is 0 Å². The van der Waals surface area contributed by atoms with Gasteiger partial charge in [-0.25, -0.2) is 0 Å². The number of amides is 2. The first-order valence-electron chi connectivity index (χ1n) is 14.7. The molecule has 0 saturated carbocycles. The molecule has 0 unspecified atom stereocenters. The molecular weight excluding hydrogens is 520 g/mol. The van der Waals surface area contributed by atoms with E-state index in [0.717, 1.165) is 36.4 Å². The molecule has 0 radical (unpaired) electrons. The minimum absolute atomic E-state index is 0.152. The fraction of sp³-hybridized carbons (Fsp3) is 0.222. The summed E-state index contributed by atoms with van der Waals surface area (Å²) in [4.78, 5) is 29.3. The molecule has 0 spiro atoms. The number of nitrogens with one attached hydrogen (secondary N) is 3. The van der Waals surface area contributed by atoms with Crippen LogP contribution in [0, 0.1) is 0 Å². The quantitative estimate of drug-likeness (QED) is 0.203. The van der Waals surface area contributed by atoms with Crippen LogP contribution >= 0.6 is 0 Å². The summed E-state index contributed by atoms with van der Waals surface area (Å²) in [5.74, 6) is -0.386.